The Morgan fingerprint density at radius 1 is 1.40 bits per heavy atom. The van der Waals surface area contributed by atoms with Crippen LogP contribution in [0.4, 0.5) is 0 Å². The number of likely N-dealkylation sites (tertiary alicyclic amines) is 1. The maximum absolute atomic E-state index is 11.9. The van der Waals surface area contributed by atoms with E-state index in [2.05, 4.69) is 35.6 Å². The summed E-state index contributed by atoms with van der Waals surface area (Å²) >= 11 is 1.98. The molecule has 0 aromatic rings. The van der Waals surface area contributed by atoms with Gasteiger partial charge >= 0.3 is 0 Å². The van der Waals surface area contributed by atoms with E-state index in [-0.39, 0.29) is 24.0 Å². The molecule has 0 spiro atoms. The van der Waals surface area contributed by atoms with Gasteiger partial charge in [0, 0.05) is 43.4 Å². The number of guanidine groups is 1. The first kappa shape index (κ1) is 22.9. The largest absolute Gasteiger partial charge is 0.357 e. The van der Waals surface area contributed by atoms with E-state index in [1.54, 1.807) is 0 Å². The summed E-state index contributed by atoms with van der Waals surface area (Å²) in [4.78, 5) is 18.8. The normalized spacial score (nSPS) is 25.0. The van der Waals surface area contributed by atoms with E-state index in [1.165, 1.54) is 19.3 Å². The second-order valence-electron chi connectivity index (χ2n) is 6.81. The monoisotopic (exact) mass is 482 g/mol. The summed E-state index contributed by atoms with van der Waals surface area (Å²) in [6.45, 7) is 6.86. The van der Waals surface area contributed by atoms with Crippen LogP contribution in [0.2, 0.25) is 0 Å². The molecular weight excluding hydrogens is 447 g/mol. The van der Waals surface area contributed by atoms with Crippen LogP contribution in [0.25, 0.3) is 0 Å². The lowest BCUT2D eigenvalue weighted by atomic mass is 10.1. The second kappa shape index (κ2) is 12.3. The summed E-state index contributed by atoms with van der Waals surface area (Å²) in [6, 6.07) is 0.890. The Hall–Kier alpha value is -0.180. The molecule has 146 valence electrons. The number of carbonyl (C=O) groups is 1. The van der Waals surface area contributed by atoms with Crippen LogP contribution in [-0.4, -0.2) is 60.0 Å². The molecular formula is C18H35IN4OS. The minimum atomic E-state index is 0. The molecule has 1 aliphatic heterocycles. The Balaban J connectivity index is 0.00000312. The molecule has 0 aromatic carbocycles. The first-order valence-corrected chi connectivity index (χ1v) is 10.8. The lowest BCUT2D eigenvalue weighted by Crippen LogP contribution is -2.43. The predicted molar refractivity (Wildman–Crippen MR) is 119 cm³/mol. The van der Waals surface area contributed by atoms with Crippen LogP contribution in [0.1, 0.15) is 58.8 Å². The fourth-order valence-electron chi connectivity index (χ4n) is 3.76. The molecule has 0 radical (unpaired) electrons. The summed E-state index contributed by atoms with van der Waals surface area (Å²) < 4.78 is 0. The highest BCUT2D eigenvalue weighted by Gasteiger charge is 2.27. The van der Waals surface area contributed by atoms with Crippen LogP contribution in [0.3, 0.4) is 0 Å². The minimum Gasteiger partial charge on any atom is -0.357 e. The zero-order valence-corrected chi connectivity index (χ0v) is 19.1. The maximum Gasteiger partial charge on any atom is 0.222 e. The molecule has 1 aliphatic carbocycles. The number of hydrogen-bond donors (Lipinski definition) is 2. The van der Waals surface area contributed by atoms with E-state index >= 15 is 0 Å². The van der Waals surface area contributed by atoms with Crippen molar-refractivity contribution >= 4 is 47.6 Å². The molecule has 3 unspecified atom stereocenters. The Kier molecular flexibility index (Phi) is 11.2. The maximum atomic E-state index is 11.9. The van der Waals surface area contributed by atoms with Gasteiger partial charge in [0.05, 0.1) is 0 Å². The molecule has 1 amide bonds. The van der Waals surface area contributed by atoms with Gasteiger partial charge in [-0.25, -0.2) is 0 Å². The lowest BCUT2D eigenvalue weighted by Gasteiger charge is -2.26. The van der Waals surface area contributed by atoms with Crippen LogP contribution in [0, 0.1) is 0 Å². The third-order valence-electron chi connectivity index (χ3n) is 5.16. The van der Waals surface area contributed by atoms with Crippen LogP contribution in [-0.2, 0) is 4.79 Å². The fraction of sp³-hybridized carbons (Fsp3) is 0.889. The van der Waals surface area contributed by atoms with Crippen molar-refractivity contribution in [2.45, 2.75) is 76.1 Å². The Morgan fingerprint density at radius 2 is 2.20 bits per heavy atom. The average Bonchev–Trinajstić information content (AvgIpc) is 3.20. The summed E-state index contributed by atoms with van der Waals surface area (Å²) in [5, 5.41) is 7.75. The van der Waals surface area contributed by atoms with Gasteiger partial charge in [0.2, 0.25) is 5.91 Å². The number of halogens is 1. The van der Waals surface area contributed by atoms with Crippen LogP contribution in [0.15, 0.2) is 4.99 Å². The summed E-state index contributed by atoms with van der Waals surface area (Å²) in [5.74, 6) is 1.26. The molecule has 1 saturated carbocycles. The molecule has 2 rings (SSSR count). The lowest BCUT2D eigenvalue weighted by molar-refractivity contribution is -0.129. The quantitative estimate of drug-likeness (QED) is 0.317. The standard InChI is InChI=1S/C18H34N4OS.HI/c1-4-15(22-12-6-7-17(22)23)10-11-20-18(19-5-2)21-14-8-9-16(13-14)24-3;/h14-16H,4-13H2,1-3H3,(H2,19,20,21);1H. The first-order valence-electron chi connectivity index (χ1n) is 9.55. The number of hydrogen-bond acceptors (Lipinski definition) is 3. The number of amides is 1. The Morgan fingerprint density at radius 3 is 2.76 bits per heavy atom. The molecule has 3 atom stereocenters. The molecule has 5 nitrogen and oxygen atoms in total. The van der Waals surface area contributed by atoms with Gasteiger partial charge < -0.3 is 15.5 Å². The van der Waals surface area contributed by atoms with Gasteiger partial charge in [-0.05, 0) is 51.7 Å². The number of nitrogens with one attached hydrogen (secondary N) is 2. The van der Waals surface area contributed by atoms with E-state index < -0.39 is 0 Å². The molecule has 2 fully saturated rings. The van der Waals surface area contributed by atoms with Crippen molar-refractivity contribution in [2.75, 3.05) is 25.9 Å². The third-order valence-corrected chi connectivity index (χ3v) is 6.25. The molecule has 2 N–H and O–H groups in total. The van der Waals surface area contributed by atoms with Crippen molar-refractivity contribution in [3.63, 3.8) is 0 Å². The van der Waals surface area contributed by atoms with Crippen molar-refractivity contribution in [3.8, 4) is 0 Å². The van der Waals surface area contributed by atoms with Gasteiger partial charge in [-0.2, -0.15) is 11.8 Å². The smallest absolute Gasteiger partial charge is 0.222 e. The molecule has 1 heterocycles. The zero-order chi connectivity index (χ0) is 17.4. The van der Waals surface area contributed by atoms with Gasteiger partial charge in [0.1, 0.15) is 0 Å². The number of rotatable bonds is 8. The van der Waals surface area contributed by atoms with Crippen LogP contribution < -0.4 is 10.6 Å². The fourth-order valence-corrected chi connectivity index (χ4v) is 4.56. The van der Waals surface area contributed by atoms with E-state index in [9.17, 15) is 4.79 Å². The Labute approximate surface area is 174 Å². The number of carbonyl (C=O) groups excluding carboxylic acids is 1. The molecule has 2 aliphatic rings. The number of thioether (sulfide) groups is 1. The van der Waals surface area contributed by atoms with Crippen molar-refractivity contribution < 1.29 is 4.79 Å². The van der Waals surface area contributed by atoms with E-state index in [4.69, 9.17) is 4.99 Å². The highest BCUT2D eigenvalue weighted by atomic mass is 127. The van der Waals surface area contributed by atoms with E-state index in [0.717, 1.165) is 56.5 Å². The molecule has 7 heteroatoms. The summed E-state index contributed by atoms with van der Waals surface area (Å²) in [6.07, 6.45) is 9.68. The van der Waals surface area contributed by atoms with Crippen molar-refractivity contribution in [2.24, 2.45) is 4.99 Å². The molecule has 1 saturated heterocycles. The van der Waals surface area contributed by atoms with Crippen molar-refractivity contribution in [1.29, 1.82) is 0 Å². The first-order chi connectivity index (χ1) is 11.7. The van der Waals surface area contributed by atoms with Gasteiger partial charge in [-0.1, -0.05) is 6.92 Å². The summed E-state index contributed by atoms with van der Waals surface area (Å²) in [5.41, 5.74) is 0. The van der Waals surface area contributed by atoms with Crippen LogP contribution in [0.5, 0.6) is 0 Å². The van der Waals surface area contributed by atoms with Gasteiger partial charge in [-0.3, -0.25) is 9.79 Å². The minimum absolute atomic E-state index is 0. The Bertz CT molecular complexity index is 435. The highest BCUT2D eigenvalue weighted by molar-refractivity contribution is 14.0. The van der Waals surface area contributed by atoms with E-state index in [1.807, 2.05) is 11.8 Å². The van der Waals surface area contributed by atoms with Gasteiger partial charge in [0.15, 0.2) is 5.96 Å². The van der Waals surface area contributed by atoms with Crippen LogP contribution >= 0.6 is 35.7 Å². The van der Waals surface area contributed by atoms with Crippen molar-refractivity contribution in [1.82, 2.24) is 15.5 Å². The summed E-state index contributed by atoms with van der Waals surface area (Å²) in [7, 11) is 0. The average molecular weight is 482 g/mol. The highest BCUT2D eigenvalue weighted by Crippen LogP contribution is 2.28. The van der Waals surface area contributed by atoms with E-state index in [0.29, 0.717) is 18.0 Å². The molecule has 0 aromatic heterocycles. The molecule has 0 bridgehead atoms. The van der Waals surface area contributed by atoms with Gasteiger partial charge in [-0.15, -0.1) is 24.0 Å². The second-order valence-corrected chi connectivity index (χ2v) is 7.95. The number of aliphatic imine (C=N–C) groups is 1. The topological polar surface area (TPSA) is 56.7 Å². The zero-order valence-electron chi connectivity index (χ0n) is 15.9. The molecule has 25 heavy (non-hydrogen) atoms. The van der Waals surface area contributed by atoms with Crippen molar-refractivity contribution in [3.05, 3.63) is 0 Å². The third kappa shape index (κ3) is 7.15. The predicted octanol–water partition coefficient (Wildman–Crippen LogP) is 3.23. The number of nitrogens with zero attached hydrogens (tertiary/aromatic N) is 2. The SMILES string of the molecule is CCNC(=NCCC(CC)N1CCCC1=O)NC1CCC(SC)C1.I. The van der Waals surface area contributed by atoms with Gasteiger partial charge in [0.25, 0.3) is 0 Å².